The number of hydrogen-bond acceptors (Lipinski definition) is 4. The predicted molar refractivity (Wildman–Crippen MR) is 108 cm³/mol. The van der Waals surface area contributed by atoms with Gasteiger partial charge in [0.15, 0.2) is 0 Å². The average molecular weight is 382 g/mol. The van der Waals surface area contributed by atoms with Crippen molar-refractivity contribution in [3.63, 3.8) is 0 Å². The van der Waals surface area contributed by atoms with Crippen LogP contribution in [0.4, 0.5) is 0 Å². The first-order chi connectivity index (χ1) is 13.6. The minimum atomic E-state index is 0.0246. The van der Waals surface area contributed by atoms with E-state index >= 15 is 0 Å². The molecule has 2 aromatic rings. The fourth-order valence-corrected chi connectivity index (χ4v) is 4.42. The number of pyridine rings is 1. The minimum absolute atomic E-state index is 0.0246. The van der Waals surface area contributed by atoms with Crippen LogP contribution in [0.1, 0.15) is 55.1 Å². The van der Waals surface area contributed by atoms with Crippen molar-refractivity contribution in [2.75, 3.05) is 13.1 Å². The molecule has 2 fully saturated rings. The van der Waals surface area contributed by atoms with Crippen LogP contribution < -0.4 is 5.32 Å². The molecule has 1 aliphatic heterocycles. The highest BCUT2D eigenvalue weighted by Gasteiger charge is 2.33. The van der Waals surface area contributed by atoms with Gasteiger partial charge in [0.05, 0.1) is 17.4 Å². The lowest BCUT2D eigenvalue weighted by Gasteiger charge is -2.37. The van der Waals surface area contributed by atoms with Gasteiger partial charge < -0.3 is 5.32 Å². The number of aryl methyl sites for hydroxylation is 2. The fourth-order valence-electron chi connectivity index (χ4n) is 4.42. The zero-order valence-corrected chi connectivity index (χ0v) is 17.0. The fraction of sp³-hybridized carbons (Fsp3) is 0.591. The van der Waals surface area contributed by atoms with Gasteiger partial charge in [0, 0.05) is 37.5 Å². The molecule has 1 saturated heterocycles. The molecule has 6 heteroatoms. The van der Waals surface area contributed by atoms with E-state index in [2.05, 4.69) is 39.5 Å². The Bertz CT molecular complexity index is 791. The molecule has 2 aromatic heterocycles. The second-order valence-electron chi connectivity index (χ2n) is 8.40. The molecule has 28 heavy (non-hydrogen) atoms. The Hall–Kier alpha value is -2.21. The first-order valence-electron chi connectivity index (χ1n) is 10.5. The van der Waals surface area contributed by atoms with E-state index in [0.717, 1.165) is 56.7 Å². The van der Waals surface area contributed by atoms with Crippen molar-refractivity contribution in [1.82, 2.24) is 25.0 Å². The number of likely N-dealkylation sites (tertiary alicyclic amines) is 1. The number of aromatic nitrogens is 3. The zero-order valence-electron chi connectivity index (χ0n) is 17.0. The summed E-state index contributed by atoms with van der Waals surface area (Å²) in [5.74, 6) is 0.861. The van der Waals surface area contributed by atoms with Gasteiger partial charge in [0.1, 0.15) is 0 Å². The highest BCUT2D eigenvalue weighted by atomic mass is 16.2. The summed E-state index contributed by atoms with van der Waals surface area (Å²) in [6.45, 7) is 5.12. The van der Waals surface area contributed by atoms with E-state index in [0.29, 0.717) is 5.92 Å². The third-order valence-corrected chi connectivity index (χ3v) is 6.39. The summed E-state index contributed by atoms with van der Waals surface area (Å²) in [4.78, 5) is 19.7. The Labute approximate surface area is 167 Å². The zero-order chi connectivity index (χ0) is 19.5. The summed E-state index contributed by atoms with van der Waals surface area (Å²) in [6.07, 6.45) is 9.35. The third-order valence-electron chi connectivity index (χ3n) is 6.39. The molecule has 0 aromatic carbocycles. The molecule has 3 heterocycles. The molecular formula is C22H31N5O. The SMILES string of the molecule is Cc1nn(C)cc1CN1CCC([C@@H](NC(=O)C2CCC2)c2ccccn2)CC1. The third kappa shape index (κ3) is 4.27. The summed E-state index contributed by atoms with van der Waals surface area (Å²) in [6, 6.07) is 6.03. The Morgan fingerprint density at radius 2 is 2.04 bits per heavy atom. The summed E-state index contributed by atoms with van der Waals surface area (Å²) >= 11 is 0. The predicted octanol–water partition coefficient (Wildman–Crippen LogP) is 2.99. The van der Waals surface area contributed by atoms with E-state index in [4.69, 9.17) is 0 Å². The lowest BCUT2D eigenvalue weighted by molar-refractivity contribution is -0.128. The van der Waals surface area contributed by atoms with Crippen molar-refractivity contribution < 1.29 is 4.79 Å². The Kier molecular flexibility index (Phi) is 5.76. The van der Waals surface area contributed by atoms with Gasteiger partial charge in [-0.2, -0.15) is 5.10 Å². The molecule has 1 aliphatic carbocycles. The van der Waals surface area contributed by atoms with E-state index in [1.54, 1.807) is 0 Å². The molecule has 150 valence electrons. The summed E-state index contributed by atoms with van der Waals surface area (Å²) in [7, 11) is 1.98. The van der Waals surface area contributed by atoms with Crippen LogP contribution in [0, 0.1) is 18.8 Å². The smallest absolute Gasteiger partial charge is 0.223 e. The molecule has 1 atom stereocenters. The highest BCUT2D eigenvalue weighted by molar-refractivity contribution is 5.79. The van der Waals surface area contributed by atoms with E-state index in [9.17, 15) is 4.79 Å². The number of piperidine rings is 1. The molecule has 0 radical (unpaired) electrons. The van der Waals surface area contributed by atoms with E-state index in [1.165, 1.54) is 12.0 Å². The van der Waals surface area contributed by atoms with Crippen molar-refractivity contribution in [2.24, 2.45) is 18.9 Å². The van der Waals surface area contributed by atoms with Crippen LogP contribution in [0.15, 0.2) is 30.6 Å². The number of carbonyl (C=O) groups is 1. The lowest BCUT2D eigenvalue weighted by Crippen LogP contribution is -2.43. The largest absolute Gasteiger partial charge is 0.347 e. The minimum Gasteiger partial charge on any atom is -0.347 e. The Morgan fingerprint density at radius 1 is 1.25 bits per heavy atom. The van der Waals surface area contributed by atoms with Crippen molar-refractivity contribution in [2.45, 2.75) is 51.6 Å². The quantitative estimate of drug-likeness (QED) is 0.836. The molecule has 2 aliphatic rings. The molecule has 4 rings (SSSR count). The topological polar surface area (TPSA) is 63.1 Å². The summed E-state index contributed by atoms with van der Waals surface area (Å²) in [5.41, 5.74) is 3.42. The van der Waals surface area contributed by atoms with Gasteiger partial charge in [-0.3, -0.25) is 19.4 Å². The van der Waals surface area contributed by atoms with Crippen LogP contribution in [-0.4, -0.2) is 38.7 Å². The first kappa shape index (κ1) is 19.1. The van der Waals surface area contributed by atoms with Crippen molar-refractivity contribution in [1.29, 1.82) is 0 Å². The van der Waals surface area contributed by atoms with Crippen molar-refractivity contribution >= 4 is 5.91 Å². The normalized spacial score (nSPS) is 19.9. The van der Waals surface area contributed by atoms with E-state index < -0.39 is 0 Å². The number of hydrogen-bond donors (Lipinski definition) is 1. The van der Waals surface area contributed by atoms with Crippen LogP contribution >= 0.6 is 0 Å². The molecular weight excluding hydrogens is 350 g/mol. The van der Waals surface area contributed by atoms with Crippen LogP contribution in [-0.2, 0) is 18.4 Å². The number of rotatable bonds is 6. The number of amides is 1. The standard InChI is InChI=1S/C22H31N5O/c1-16-19(14-26(2)25-16)15-27-12-9-17(10-13-27)21(20-8-3-4-11-23-20)24-22(28)18-6-5-7-18/h3-4,8,11,14,17-18,21H,5-7,9-10,12-13,15H2,1-2H3,(H,24,28)/t21-/m1/s1. The maximum atomic E-state index is 12.6. The van der Waals surface area contributed by atoms with Crippen molar-refractivity contribution in [3.05, 3.63) is 47.5 Å². The maximum absolute atomic E-state index is 12.6. The number of nitrogens with zero attached hydrogens (tertiary/aromatic N) is 4. The number of nitrogens with one attached hydrogen (secondary N) is 1. The summed E-state index contributed by atoms with van der Waals surface area (Å²) in [5, 5.41) is 7.81. The van der Waals surface area contributed by atoms with Gasteiger partial charge in [0.25, 0.3) is 0 Å². The van der Waals surface area contributed by atoms with Gasteiger partial charge in [-0.25, -0.2) is 0 Å². The van der Waals surface area contributed by atoms with Crippen LogP contribution in [0.25, 0.3) is 0 Å². The maximum Gasteiger partial charge on any atom is 0.223 e. The first-order valence-corrected chi connectivity index (χ1v) is 10.5. The highest BCUT2D eigenvalue weighted by Crippen LogP contribution is 2.33. The van der Waals surface area contributed by atoms with E-state index in [-0.39, 0.29) is 17.9 Å². The number of carbonyl (C=O) groups excluding carboxylic acids is 1. The Balaban J connectivity index is 1.40. The average Bonchev–Trinajstić information content (AvgIpc) is 2.97. The second kappa shape index (κ2) is 8.43. The molecule has 0 bridgehead atoms. The Morgan fingerprint density at radius 3 is 2.61 bits per heavy atom. The molecule has 1 saturated carbocycles. The lowest BCUT2D eigenvalue weighted by atomic mass is 9.83. The monoisotopic (exact) mass is 381 g/mol. The van der Waals surface area contributed by atoms with Gasteiger partial charge in [-0.1, -0.05) is 12.5 Å². The summed E-state index contributed by atoms with van der Waals surface area (Å²) < 4.78 is 1.89. The molecule has 6 nitrogen and oxygen atoms in total. The molecule has 1 N–H and O–H groups in total. The van der Waals surface area contributed by atoms with Gasteiger partial charge in [0.2, 0.25) is 5.91 Å². The van der Waals surface area contributed by atoms with Gasteiger partial charge in [-0.15, -0.1) is 0 Å². The molecule has 1 amide bonds. The van der Waals surface area contributed by atoms with Crippen LogP contribution in [0.2, 0.25) is 0 Å². The van der Waals surface area contributed by atoms with Gasteiger partial charge in [-0.05, 0) is 63.7 Å². The van der Waals surface area contributed by atoms with Crippen LogP contribution in [0.5, 0.6) is 0 Å². The van der Waals surface area contributed by atoms with E-state index in [1.807, 2.05) is 30.1 Å². The van der Waals surface area contributed by atoms with Crippen molar-refractivity contribution in [3.8, 4) is 0 Å². The molecule has 0 spiro atoms. The van der Waals surface area contributed by atoms with Crippen LogP contribution in [0.3, 0.4) is 0 Å². The van der Waals surface area contributed by atoms with Gasteiger partial charge >= 0.3 is 0 Å². The second-order valence-corrected chi connectivity index (χ2v) is 8.40. The molecule has 0 unspecified atom stereocenters.